The third-order valence-corrected chi connectivity index (χ3v) is 5.14. The Morgan fingerprint density at radius 1 is 0.769 bits per heavy atom. The summed E-state index contributed by atoms with van der Waals surface area (Å²) in [6, 6.07) is 11.3. The minimum atomic E-state index is -0.358. The Morgan fingerprint density at radius 2 is 1.15 bits per heavy atom. The van der Waals surface area contributed by atoms with Gasteiger partial charge in [-0.1, -0.05) is 41.5 Å². The van der Waals surface area contributed by atoms with Crippen molar-refractivity contribution >= 4 is 11.6 Å². The molecule has 0 fully saturated rings. The van der Waals surface area contributed by atoms with Gasteiger partial charge in [0.15, 0.2) is 11.6 Å². The van der Waals surface area contributed by atoms with E-state index in [9.17, 15) is 9.59 Å². The van der Waals surface area contributed by atoms with Gasteiger partial charge >= 0.3 is 0 Å². The Kier molecular flexibility index (Phi) is 4.51. The Labute approximate surface area is 155 Å². The van der Waals surface area contributed by atoms with E-state index in [1.54, 1.807) is 0 Å². The van der Waals surface area contributed by atoms with Crippen LogP contribution in [0, 0.1) is 11.8 Å². The minimum Gasteiger partial charge on any atom is -0.457 e. The van der Waals surface area contributed by atoms with Crippen molar-refractivity contribution in [3.63, 3.8) is 0 Å². The van der Waals surface area contributed by atoms with Gasteiger partial charge in [0.1, 0.15) is 11.5 Å². The summed E-state index contributed by atoms with van der Waals surface area (Å²) in [5.74, 6) is 1.68. The van der Waals surface area contributed by atoms with Crippen molar-refractivity contribution in [3.8, 4) is 11.5 Å². The number of fused-ring (bicyclic) bond motifs is 2. The second-order valence-corrected chi connectivity index (χ2v) is 8.19. The van der Waals surface area contributed by atoms with Gasteiger partial charge in [0.05, 0.1) is 0 Å². The molecule has 26 heavy (non-hydrogen) atoms. The molecule has 0 unspecified atom stereocenters. The molecule has 0 radical (unpaired) electrons. The smallest absolute Gasteiger partial charge is 0.165 e. The van der Waals surface area contributed by atoms with E-state index in [0.29, 0.717) is 11.1 Å². The van der Waals surface area contributed by atoms with Gasteiger partial charge in [0, 0.05) is 39.5 Å². The number of ketones is 2. The Balaban J connectivity index is 2.11. The first-order valence-corrected chi connectivity index (χ1v) is 9.18. The topological polar surface area (TPSA) is 43.4 Å². The van der Waals surface area contributed by atoms with E-state index in [1.807, 2.05) is 64.1 Å². The Bertz CT molecular complexity index is 817. The molecule has 3 nitrogen and oxygen atoms in total. The Hall–Kier alpha value is -2.42. The standard InChI is InChI=1S/C23H26O3/c1-13(2)21(24)15-7-9-19-17(11-15)23(5,6)18-12-16(22(25)14(3)4)8-10-20(18)26-19/h7-14H,1-6H3. The highest BCUT2D eigenvalue weighted by Gasteiger charge is 2.35. The number of hydrogen-bond donors (Lipinski definition) is 0. The third kappa shape index (κ3) is 2.96. The molecule has 3 heteroatoms. The van der Waals surface area contributed by atoms with Crippen LogP contribution in [0.25, 0.3) is 0 Å². The van der Waals surface area contributed by atoms with Crippen molar-refractivity contribution in [3.05, 3.63) is 58.7 Å². The molecule has 1 heterocycles. The zero-order valence-electron chi connectivity index (χ0n) is 16.3. The van der Waals surface area contributed by atoms with Crippen molar-refractivity contribution in [1.29, 1.82) is 0 Å². The molecule has 0 aromatic heterocycles. The molecule has 3 rings (SSSR count). The Morgan fingerprint density at radius 3 is 1.50 bits per heavy atom. The van der Waals surface area contributed by atoms with Crippen molar-refractivity contribution < 1.29 is 14.3 Å². The summed E-state index contributed by atoms with van der Waals surface area (Å²) in [4.78, 5) is 24.8. The van der Waals surface area contributed by atoms with Gasteiger partial charge < -0.3 is 4.74 Å². The van der Waals surface area contributed by atoms with Crippen LogP contribution in [0.5, 0.6) is 11.5 Å². The third-order valence-electron chi connectivity index (χ3n) is 5.14. The molecule has 0 N–H and O–H groups in total. The van der Waals surface area contributed by atoms with Crippen molar-refractivity contribution in [2.75, 3.05) is 0 Å². The number of carbonyl (C=O) groups is 2. The fourth-order valence-electron chi connectivity index (χ4n) is 3.45. The van der Waals surface area contributed by atoms with E-state index in [2.05, 4.69) is 13.8 Å². The molecule has 2 aromatic rings. The molecule has 0 saturated carbocycles. The number of hydrogen-bond acceptors (Lipinski definition) is 3. The van der Waals surface area contributed by atoms with E-state index >= 15 is 0 Å². The quantitative estimate of drug-likeness (QED) is 0.655. The summed E-state index contributed by atoms with van der Waals surface area (Å²) >= 11 is 0. The van der Waals surface area contributed by atoms with Gasteiger partial charge in [-0.15, -0.1) is 0 Å². The van der Waals surface area contributed by atoms with Crippen molar-refractivity contribution in [2.45, 2.75) is 47.0 Å². The lowest BCUT2D eigenvalue weighted by Gasteiger charge is -2.35. The molecule has 0 bridgehead atoms. The maximum absolute atomic E-state index is 12.4. The number of benzene rings is 2. The molecule has 136 valence electrons. The predicted molar refractivity (Wildman–Crippen MR) is 103 cm³/mol. The lowest BCUT2D eigenvalue weighted by molar-refractivity contribution is 0.0932. The molecule has 0 spiro atoms. The highest BCUT2D eigenvalue weighted by molar-refractivity contribution is 5.99. The molecule has 0 saturated heterocycles. The highest BCUT2D eigenvalue weighted by Crippen LogP contribution is 2.48. The van der Waals surface area contributed by atoms with Gasteiger partial charge in [0.2, 0.25) is 0 Å². The average Bonchev–Trinajstić information content (AvgIpc) is 2.60. The van der Waals surface area contributed by atoms with Crippen LogP contribution in [0.15, 0.2) is 36.4 Å². The van der Waals surface area contributed by atoms with Gasteiger partial charge in [0.25, 0.3) is 0 Å². The van der Waals surface area contributed by atoms with Gasteiger partial charge in [-0.05, 0) is 36.4 Å². The zero-order chi connectivity index (χ0) is 19.2. The second-order valence-electron chi connectivity index (χ2n) is 8.19. The second kappa shape index (κ2) is 6.39. The van der Waals surface area contributed by atoms with Crippen LogP contribution in [-0.4, -0.2) is 11.6 Å². The summed E-state index contributed by atoms with van der Waals surface area (Å²) in [7, 11) is 0. The van der Waals surface area contributed by atoms with Crippen LogP contribution in [0.4, 0.5) is 0 Å². The van der Waals surface area contributed by atoms with E-state index in [4.69, 9.17) is 4.74 Å². The first-order chi connectivity index (χ1) is 12.1. The normalized spacial score (nSPS) is 14.6. The van der Waals surface area contributed by atoms with Crippen molar-refractivity contribution in [2.24, 2.45) is 11.8 Å². The van der Waals surface area contributed by atoms with Crippen LogP contribution >= 0.6 is 0 Å². The largest absolute Gasteiger partial charge is 0.457 e. The first-order valence-electron chi connectivity index (χ1n) is 9.18. The zero-order valence-corrected chi connectivity index (χ0v) is 16.3. The molecule has 0 amide bonds. The lowest BCUT2D eigenvalue weighted by Crippen LogP contribution is -2.26. The molecular formula is C23H26O3. The van der Waals surface area contributed by atoms with Crippen LogP contribution in [0.3, 0.4) is 0 Å². The average molecular weight is 350 g/mol. The first kappa shape index (κ1) is 18.4. The van der Waals surface area contributed by atoms with Crippen molar-refractivity contribution in [1.82, 2.24) is 0 Å². The predicted octanol–water partition coefficient (Wildman–Crippen LogP) is 5.80. The van der Waals surface area contributed by atoms with Crippen LogP contribution in [-0.2, 0) is 5.41 Å². The molecule has 1 aliphatic heterocycles. The molecule has 0 atom stereocenters. The van der Waals surface area contributed by atoms with Crippen LogP contribution in [0.2, 0.25) is 0 Å². The molecule has 2 aromatic carbocycles. The fraction of sp³-hybridized carbons (Fsp3) is 0.391. The minimum absolute atomic E-state index is 0.0526. The summed E-state index contributed by atoms with van der Waals surface area (Å²) in [5.41, 5.74) is 3.00. The van der Waals surface area contributed by atoms with E-state index in [0.717, 1.165) is 22.6 Å². The van der Waals surface area contributed by atoms with Gasteiger partial charge in [-0.2, -0.15) is 0 Å². The van der Waals surface area contributed by atoms with E-state index < -0.39 is 0 Å². The maximum atomic E-state index is 12.4. The number of rotatable bonds is 4. The molecule has 0 aliphatic carbocycles. The fourth-order valence-corrected chi connectivity index (χ4v) is 3.45. The maximum Gasteiger partial charge on any atom is 0.165 e. The lowest BCUT2D eigenvalue weighted by atomic mass is 9.74. The van der Waals surface area contributed by atoms with Crippen LogP contribution in [0.1, 0.15) is 73.4 Å². The molecule has 1 aliphatic rings. The summed E-state index contributed by atoms with van der Waals surface area (Å²) in [6.45, 7) is 11.8. The summed E-state index contributed by atoms with van der Waals surface area (Å²) < 4.78 is 6.08. The van der Waals surface area contributed by atoms with Gasteiger partial charge in [-0.25, -0.2) is 0 Å². The van der Waals surface area contributed by atoms with E-state index in [-0.39, 0.29) is 28.8 Å². The SMILES string of the molecule is CC(C)C(=O)c1ccc2c(c1)C(C)(C)c1cc(C(=O)C(C)C)ccc1O2. The number of ether oxygens (including phenoxy) is 1. The number of carbonyl (C=O) groups excluding carboxylic acids is 2. The number of Topliss-reactive ketones (excluding diaryl/α,β-unsaturated/α-hetero) is 2. The highest BCUT2D eigenvalue weighted by atomic mass is 16.5. The van der Waals surface area contributed by atoms with Crippen LogP contribution < -0.4 is 4.74 Å². The van der Waals surface area contributed by atoms with E-state index in [1.165, 1.54) is 0 Å². The molecular weight excluding hydrogens is 324 g/mol. The summed E-state index contributed by atoms with van der Waals surface area (Å²) in [6.07, 6.45) is 0. The van der Waals surface area contributed by atoms with Gasteiger partial charge in [-0.3, -0.25) is 9.59 Å². The monoisotopic (exact) mass is 350 g/mol. The summed E-state index contributed by atoms with van der Waals surface area (Å²) in [5, 5.41) is 0.